The molecule has 4 aliphatic rings. The fourth-order valence-electron chi connectivity index (χ4n) is 9.21. The van der Waals surface area contributed by atoms with Crippen LogP contribution in [0.25, 0.3) is 0 Å². The van der Waals surface area contributed by atoms with Gasteiger partial charge in [-0.25, -0.2) is 0 Å². The highest BCUT2D eigenvalue weighted by Gasteiger charge is 2.58. The Bertz CT molecular complexity index is 624. The maximum Gasteiger partial charge on any atom is 0.0620 e. The molecule has 0 bridgehead atoms. The summed E-state index contributed by atoms with van der Waals surface area (Å²) in [5.74, 6) is 5.63. The molecule has 1 nitrogen and oxygen atoms in total. The van der Waals surface area contributed by atoms with Gasteiger partial charge in [0, 0.05) is 6.61 Å². The summed E-state index contributed by atoms with van der Waals surface area (Å²) in [6.07, 6.45) is 16.1. The van der Waals surface area contributed by atoms with E-state index < -0.39 is 0 Å². The lowest BCUT2D eigenvalue weighted by Crippen LogP contribution is -2.50. The largest absolute Gasteiger partial charge is 0.377 e. The molecule has 30 heavy (non-hydrogen) atoms. The van der Waals surface area contributed by atoms with Crippen LogP contribution in [-0.2, 0) is 4.74 Å². The maximum absolute atomic E-state index is 6.55. The van der Waals surface area contributed by atoms with E-state index in [1.165, 1.54) is 57.8 Å². The minimum atomic E-state index is 0.404. The second-order valence-electron chi connectivity index (χ2n) is 13.0. The summed E-state index contributed by atoms with van der Waals surface area (Å²) in [5.41, 5.74) is 2.94. The Morgan fingerprint density at radius 2 is 1.67 bits per heavy atom. The first-order valence-corrected chi connectivity index (χ1v) is 13.5. The van der Waals surface area contributed by atoms with Crippen molar-refractivity contribution >= 4 is 0 Å². The van der Waals surface area contributed by atoms with Crippen LogP contribution in [0.2, 0.25) is 0 Å². The van der Waals surface area contributed by atoms with Crippen molar-refractivity contribution in [2.24, 2.45) is 52.3 Å². The van der Waals surface area contributed by atoms with Gasteiger partial charge in [-0.2, -0.15) is 0 Å². The maximum atomic E-state index is 6.55. The Kier molecular flexibility index (Phi) is 6.53. The van der Waals surface area contributed by atoms with Crippen molar-refractivity contribution in [3.63, 3.8) is 0 Å². The summed E-state index contributed by atoms with van der Waals surface area (Å²) >= 11 is 0. The Hall–Kier alpha value is -0.300. The molecule has 0 saturated heterocycles. The van der Waals surface area contributed by atoms with E-state index in [9.17, 15) is 0 Å². The summed E-state index contributed by atoms with van der Waals surface area (Å²) in [5, 5.41) is 0. The minimum Gasteiger partial charge on any atom is -0.377 e. The Labute approximate surface area is 187 Å². The van der Waals surface area contributed by atoms with Gasteiger partial charge in [-0.05, 0) is 104 Å². The molecule has 7 atom stereocenters. The molecular formula is C29H50O. The van der Waals surface area contributed by atoms with Crippen LogP contribution >= 0.6 is 0 Å². The summed E-state index contributed by atoms with van der Waals surface area (Å²) in [4.78, 5) is 0. The number of hydrogen-bond donors (Lipinski definition) is 0. The number of rotatable bonds is 6. The standard InChI is InChI=1S/C29H50O/c1-19(2)27(20(3)4)30-18-21(5)24-13-14-25-23-12-11-22-10-8-9-16-28(22,6)26(23)15-17-29(24,25)7/h11,19-21,23-27H,8-10,12-18H2,1-7H3. The summed E-state index contributed by atoms with van der Waals surface area (Å²) < 4.78 is 6.55. The van der Waals surface area contributed by atoms with Gasteiger partial charge < -0.3 is 4.74 Å². The summed E-state index contributed by atoms with van der Waals surface area (Å²) in [6.45, 7) is 18.1. The molecule has 0 aromatic rings. The van der Waals surface area contributed by atoms with Crippen LogP contribution in [0.3, 0.4) is 0 Å². The van der Waals surface area contributed by atoms with Crippen LogP contribution in [0.4, 0.5) is 0 Å². The molecule has 172 valence electrons. The van der Waals surface area contributed by atoms with Gasteiger partial charge in [-0.15, -0.1) is 0 Å². The predicted molar refractivity (Wildman–Crippen MR) is 128 cm³/mol. The second-order valence-corrected chi connectivity index (χ2v) is 13.0. The molecule has 0 radical (unpaired) electrons. The van der Waals surface area contributed by atoms with E-state index >= 15 is 0 Å². The Morgan fingerprint density at radius 3 is 2.37 bits per heavy atom. The molecule has 0 N–H and O–H groups in total. The van der Waals surface area contributed by atoms with Gasteiger partial charge >= 0.3 is 0 Å². The van der Waals surface area contributed by atoms with Crippen molar-refractivity contribution < 1.29 is 4.74 Å². The van der Waals surface area contributed by atoms with Crippen molar-refractivity contribution in [3.05, 3.63) is 11.6 Å². The van der Waals surface area contributed by atoms with Gasteiger partial charge in [-0.1, -0.05) is 66.5 Å². The molecule has 4 rings (SSSR count). The number of ether oxygens (including phenoxy) is 1. The third-order valence-electron chi connectivity index (χ3n) is 10.6. The summed E-state index contributed by atoms with van der Waals surface area (Å²) in [7, 11) is 0. The molecule has 0 aliphatic heterocycles. The van der Waals surface area contributed by atoms with E-state index in [1.54, 1.807) is 0 Å². The molecule has 0 spiro atoms. The molecule has 7 unspecified atom stereocenters. The van der Waals surface area contributed by atoms with Crippen molar-refractivity contribution in [2.45, 2.75) is 112 Å². The SMILES string of the molecule is CC(C)C(OCC(C)C1CCC2C3CC=C4CCCCC4(C)C3CCC12C)C(C)C. The lowest BCUT2D eigenvalue weighted by atomic mass is 9.47. The first kappa shape index (κ1) is 22.9. The van der Waals surface area contributed by atoms with Gasteiger partial charge in [0.05, 0.1) is 6.10 Å². The van der Waals surface area contributed by atoms with Crippen molar-refractivity contribution in [3.8, 4) is 0 Å². The molecule has 4 aliphatic carbocycles. The first-order chi connectivity index (χ1) is 14.2. The van der Waals surface area contributed by atoms with Gasteiger partial charge in [0.2, 0.25) is 0 Å². The van der Waals surface area contributed by atoms with Crippen LogP contribution in [-0.4, -0.2) is 12.7 Å². The highest BCUT2D eigenvalue weighted by molar-refractivity contribution is 5.24. The van der Waals surface area contributed by atoms with Crippen LogP contribution in [0.15, 0.2) is 11.6 Å². The van der Waals surface area contributed by atoms with Crippen molar-refractivity contribution in [1.29, 1.82) is 0 Å². The molecule has 0 aromatic heterocycles. The zero-order chi connectivity index (χ0) is 21.7. The highest BCUT2D eigenvalue weighted by atomic mass is 16.5. The van der Waals surface area contributed by atoms with E-state index in [1.807, 2.05) is 5.57 Å². The quantitative estimate of drug-likeness (QED) is 0.397. The molecule has 3 saturated carbocycles. The van der Waals surface area contributed by atoms with Gasteiger partial charge in [0.15, 0.2) is 0 Å². The zero-order valence-corrected chi connectivity index (χ0v) is 21.2. The topological polar surface area (TPSA) is 9.23 Å². The van der Waals surface area contributed by atoms with Crippen LogP contribution in [0.5, 0.6) is 0 Å². The molecule has 0 heterocycles. The predicted octanol–water partition coefficient (Wildman–Crippen LogP) is 8.29. The van der Waals surface area contributed by atoms with Gasteiger partial charge in [0.1, 0.15) is 0 Å². The molecule has 0 aromatic carbocycles. The van der Waals surface area contributed by atoms with E-state index in [4.69, 9.17) is 4.74 Å². The Morgan fingerprint density at radius 1 is 0.933 bits per heavy atom. The van der Waals surface area contributed by atoms with Gasteiger partial charge in [0.25, 0.3) is 0 Å². The molecule has 1 heteroatoms. The second kappa shape index (κ2) is 8.57. The first-order valence-electron chi connectivity index (χ1n) is 13.5. The monoisotopic (exact) mass is 414 g/mol. The van der Waals surface area contributed by atoms with Crippen LogP contribution in [0.1, 0.15) is 106 Å². The third kappa shape index (κ3) is 3.74. The lowest BCUT2D eigenvalue weighted by molar-refractivity contribution is -0.0721. The molecule has 0 amide bonds. The van der Waals surface area contributed by atoms with E-state index in [-0.39, 0.29) is 0 Å². The highest BCUT2D eigenvalue weighted by Crippen LogP contribution is 2.67. The van der Waals surface area contributed by atoms with Gasteiger partial charge in [-0.3, -0.25) is 0 Å². The van der Waals surface area contributed by atoms with E-state index in [2.05, 4.69) is 54.5 Å². The van der Waals surface area contributed by atoms with Crippen molar-refractivity contribution in [2.75, 3.05) is 6.61 Å². The van der Waals surface area contributed by atoms with E-state index in [0.29, 0.717) is 34.7 Å². The summed E-state index contributed by atoms with van der Waals surface area (Å²) in [6, 6.07) is 0. The number of fused-ring (bicyclic) bond motifs is 5. The lowest BCUT2D eigenvalue weighted by Gasteiger charge is -2.58. The fraction of sp³-hybridized carbons (Fsp3) is 0.931. The minimum absolute atomic E-state index is 0.404. The Balaban J connectivity index is 1.47. The van der Waals surface area contributed by atoms with Crippen LogP contribution < -0.4 is 0 Å². The average Bonchev–Trinajstić information content (AvgIpc) is 3.04. The third-order valence-corrected chi connectivity index (χ3v) is 10.6. The van der Waals surface area contributed by atoms with Crippen LogP contribution in [0, 0.1) is 52.3 Å². The zero-order valence-electron chi connectivity index (χ0n) is 21.2. The number of hydrogen-bond acceptors (Lipinski definition) is 1. The van der Waals surface area contributed by atoms with E-state index in [0.717, 1.165) is 30.3 Å². The fourth-order valence-corrected chi connectivity index (χ4v) is 9.21. The smallest absolute Gasteiger partial charge is 0.0620 e. The average molecular weight is 415 g/mol. The number of allylic oxidation sites excluding steroid dienone is 2. The van der Waals surface area contributed by atoms with Crippen molar-refractivity contribution in [1.82, 2.24) is 0 Å². The molecular weight excluding hydrogens is 364 g/mol. The normalized spacial score (nSPS) is 42.1. The molecule has 3 fully saturated rings.